The van der Waals surface area contributed by atoms with E-state index in [2.05, 4.69) is 10.1 Å². The molecule has 1 aliphatic rings. The lowest BCUT2D eigenvalue weighted by atomic mass is 10.2. The molecule has 0 aliphatic carbocycles. The normalized spacial score (nSPS) is 16.4. The SMILES string of the molecule is Cc1cc(CN2CCN(C(=O)c3ccc(C)s3)CC2)on1. The lowest BCUT2D eigenvalue weighted by Crippen LogP contribution is -2.48. The van der Waals surface area contributed by atoms with Gasteiger partial charge in [-0.2, -0.15) is 0 Å². The Hall–Kier alpha value is -1.66. The first-order valence-electron chi connectivity index (χ1n) is 7.12. The minimum absolute atomic E-state index is 0.156. The fourth-order valence-corrected chi connectivity index (χ4v) is 3.36. The summed E-state index contributed by atoms with van der Waals surface area (Å²) in [5.41, 5.74) is 0.909. The molecule has 1 fully saturated rings. The molecule has 0 spiro atoms. The second-order valence-corrected chi connectivity index (χ2v) is 6.70. The molecule has 6 heteroatoms. The van der Waals surface area contributed by atoms with E-state index in [4.69, 9.17) is 4.52 Å². The summed E-state index contributed by atoms with van der Waals surface area (Å²) in [6.45, 7) is 7.99. The van der Waals surface area contributed by atoms with Gasteiger partial charge in [0.15, 0.2) is 5.76 Å². The van der Waals surface area contributed by atoms with Gasteiger partial charge >= 0.3 is 0 Å². The average Bonchev–Trinajstić information content (AvgIpc) is 3.08. The first kappa shape index (κ1) is 14.3. The molecule has 0 N–H and O–H groups in total. The average molecular weight is 305 g/mol. The molecule has 1 saturated heterocycles. The van der Waals surface area contributed by atoms with Gasteiger partial charge in [0.1, 0.15) is 0 Å². The molecule has 1 aliphatic heterocycles. The molecule has 0 saturated carbocycles. The third-order valence-electron chi connectivity index (χ3n) is 3.67. The zero-order chi connectivity index (χ0) is 14.8. The Bertz CT molecular complexity index is 626. The van der Waals surface area contributed by atoms with E-state index < -0.39 is 0 Å². The van der Waals surface area contributed by atoms with Crippen LogP contribution >= 0.6 is 11.3 Å². The van der Waals surface area contributed by atoms with Gasteiger partial charge in [0.05, 0.1) is 17.1 Å². The second-order valence-electron chi connectivity index (χ2n) is 5.41. The minimum atomic E-state index is 0.156. The Morgan fingerprint density at radius 3 is 2.62 bits per heavy atom. The molecule has 0 atom stereocenters. The number of aromatic nitrogens is 1. The predicted molar refractivity (Wildman–Crippen MR) is 81.5 cm³/mol. The Morgan fingerprint density at radius 1 is 1.29 bits per heavy atom. The summed E-state index contributed by atoms with van der Waals surface area (Å²) in [7, 11) is 0. The number of hydrogen-bond donors (Lipinski definition) is 0. The molecule has 2 aromatic rings. The zero-order valence-corrected chi connectivity index (χ0v) is 13.2. The third kappa shape index (κ3) is 3.33. The number of thiophene rings is 1. The van der Waals surface area contributed by atoms with Crippen molar-refractivity contribution in [3.63, 3.8) is 0 Å². The van der Waals surface area contributed by atoms with Crippen molar-refractivity contribution < 1.29 is 9.32 Å². The van der Waals surface area contributed by atoms with Gasteiger partial charge in [0.25, 0.3) is 5.91 Å². The van der Waals surface area contributed by atoms with Crippen molar-refractivity contribution in [2.24, 2.45) is 0 Å². The van der Waals surface area contributed by atoms with Crippen LogP contribution in [0.1, 0.15) is 26.0 Å². The molecule has 0 aromatic carbocycles. The van der Waals surface area contributed by atoms with Crippen molar-refractivity contribution in [2.45, 2.75) is 20.4 Å². The van der Waals surface area contributed by atoms with Crippen LogP contribution in [-0.2, 0) is 6.54 Å². The molecule has 0 unspecified atom stereocenters. The molecule has 0 bridgehead atoms. The molecule has 21 heavy (non-hydrogen) atoms. The number of carbonyl (C=O) groups is 1. The smallest absolute Gasteiger partial charge is 0.264 e. The maximum atomic E-state index is 12.4. The van der Waals surface area contributed by atoms with Crippen LogP contribution in [-0.4, -0.2) is 47.0 Å². The van der Waals surface area contributed by atoms with Crippen molar-refractivity contribution in [3.05, 3.63) is 39.4 Å². The number of aryl methyl sites for hydroxylation is 2. The second kappa shape index (κ2) is 5.99. The minimum Gasteiger partial charge on any atom is -0.360 e. The number of carbonyl (C=O) groups excluding carboxylic acids is 1. The van der Waals surface area contributed by atoms with Gasteiger partial charge in [-0.25, -0.2) is 0 Å². The fourth-order valence-electron chi connectivity index (χ4n) is 2.53. The summed E-state index contributed by atoms with van der Waals surface area (Å²) in [6.07, 6.45) is 0. The summed E-state index contributed by atoms with van der Waals surface area (Å²) < 4.78 is 5.24. The van der Waals surface area contributed by atoms with Gasteiger partial charge < -0.3 is 9.42 Å². The Kier molecular flexibility index (Phi) is 4.07. The molecule has 0 radical (unpaired) electrons. The van der Waals surface area contributed by atoms with Crippen LogP contribution in [0.15, 0.2) is 22.7 Å². The Labute approximate surface area is 128 Å². The fraction of sp³-hybridized carbons (Fsp3) is 0.467. The van der Waals surface area contributed by atoms with Crippen molar-refractivity contribution in [3.8, 4) is 0 Å². The largest absolute Gasteiger partial charge is 0.360 e. The van der Waals surface area contributed by atoms with Crippen molar-refractivity contribution >= 4 is 17.2 Å². The van der Waals surface area contributed by atoms with E-state index in [0.29, 0.717) is 0 Å². The van der Waals surface area contributed by atoms with Crippen LogP contribution in [0.3, 0.4) is 0 Å². The molecule has 3 rings (SSSR count). The summed E-state index contributed by atoms with van der Waals surface area (Å²) in [5, 5.41) is 3.90. The van der Waals surface area contributed by atoms with Gasteiger partial charge in [-0.3, -0.25) is 9.69 Å². The maximum absolute atomic E-state index is 12.4. The molecule has 1 amide bonds. The highest BCUT2D eigenvalue weighted by atomic mass is 32.1. The van der Waals surface area contributed by atoms with E-state index in [9.17, 15) is 4.79 Å². The Morgan fingerprint density at radius 2 is 2.05 bits per heavy atom. The van der Waals surface area contributed by atoms with E-state index >= 15 is 0 Å². The topological polar surface area (TPSA) is 49.6 Å². The van der Waals surface area contributed by atoms with Crippen LogP contribution in [0.5, 0.6) is 0 Å². The summed E-state index contributed by atoms with van der Waals surface area (Å²) in [4.78, 5) is 18.6. The molecular weight excluding hydrogens is 286 g/mol. The van der Waals surface area contributed by atoms with Gasteiger partial charge in [0.2, 0.25) is 0 Å². The van der Waals surface area contributed by atoms with Crippen LogP contribution < -0.4 is 0 Å². The number of hydrogen-bond acceptors (Lipinski definition) is 5. The number of piperazine rings is 1. The quantitative estimate of drug-likeness (QED) is 0.873. The lowest BCUT2D eigenvalue weighted by Gasteiger charge is -2.33. The molecule has 2 aromatic heterocycles. The first-order valence-corrected chi connectivity index (χ1v) is 7.94. The van der Waals surface area contributed by atoms with Crippen molar-refractivity contribution in [1.29, 1.82) is 0 Å². The van der Waals surface area contributed by atoms with E-state index in [-0.39, 0.29) is 5.91 Å². The van der Waals surface area contributed by atoms with E-state index in [1.54, 1.807) is 11.3 Å². The lowest BCUT2D eigenvalue weighted by molar-refractivity contribution is 0.0622. The molecular formula is C15H19N3O2S. The summed E-state index contributed by atoms with van der Waals surface area (Å²) in [5.74, 6) is 1.05. The summed E-state index contributed by atoms with van der Waals surface area (Å²) in [6, 6.07) is 5.89. The van der Waals surface area contributed by atoms with Crippen LogP contribution in [0.2, 0.25) is 0 Å². The highest BCUT2D eigenvalue weighted by Gasteiger charge is 2.23. The van der Waals surface area contributed by atoms with Crippen molar-refractivity contribution in [2.75, 3.05) is 26.2 Å². The maximum Gasteiger partial charge on any atom is 0.264 e. The zero-order valence-electron chi connectivity index (χ0n) is 12.3. The van der Waals surface area contributed by atoms with E-state index in [1.165, 1.54) is 4.88 Å². The Balaban J connectivity index is 1.54. The number of nitrogens with zero attached hydrogens (tertiary/aromatic N) is 3. The van der Waals surface area contributed by atoms with Gasteiger partial charge in [0, 0.05) is 37.1 Å². The van der Waals surface area contributed by atoms with Crippen molar-refractivity contribution in [1.82, 2.24) is 15.0 Å². The molecule has 112 valence electrons. The van der Waals surface area contributed by atoms with Crippen LogP contribution in [0, 0.1) is 13.8 Å². The van der Waals surface area contributed by atoms with Gasteiger partial charge in [-0.1, -0.05) is 5.16 Å². The van der Waals surface area contributed by atoms with Gasteiger partial charge in [-0.15, -0.1) is 11.3 Å². The van der Waals surface area contributed by atoms with Gasteiger partial charge in [-0.05, 0) is 26.0 Å². The molecule has 3 heterocycles. The van der Waals surface area contributed by atoms with Crippen LogP contribution in [0.4, 0.5) is 0 Å². The van der Waals surface area contributed by atoms with Crippen LogP contribution in [0.25, 0.3) is 0 Å². The monoisotopic (exact) mass is 305 g/mol. The number of rotatable bonds is 3. The van der Waals surface area contributed by atoms with E-state index in [1.807, 2.05) is 36.9 Å². The first-order chi connectivity index (χ1) is 10.1. The summed E-state index contributed by atoms with van der Waals surface area (Å²) >= 11 is 1.57. The highest BCUT2D eigenvalue weighted by Crippen LogP contribution is 2.18. The van der Waals surface area contributed by atoms with E-state index in [0.717, 1.165) is 49.1 Å². The number of amides is 1. The highest BCUT2D eigenvalue weighted by molar-refractivity contribution is 7.13. The molecule has 5 nitrogen and oxygen atoms in total. The third-order valence-corrected chi connectivity index (χ3v) is 4.66. The predicted octanol–water partition coefficient (Wildman–Crippen LogP) is 2.31. The standard InChI is InChI=1S/C15H19N3O2S/c1-11-9-13(20-16-11)10-17-5-7-18(8-6-17)15(19)14-4-3-12(2)21-14/h3-4,9H,5-8,10H2,1-2H3.